The zero-order chi connectivity index (χ0) is 29.6. The van der Waals surface area contributed by atoms with E-state index in [0.717, 1.165) is 64.1 Å². The summed E-state index contributed by atoms with van der Waals surface area (Å²) < 4.78 is 41.4. The molecule has 0 aromatic heterocycles. The van der Waals surface area contributed by atoms with Gasteiger partial charge in [-0.1, -0.05) is 57.4 Å². The van der Waals surface area contributed by atoms with E-state index in [-0.39, 0.29) is 22.3 Å². The molecule has 3 atom stereocenters. The lowest BCUT2D eigenvalue weighted by Gasteiger charge is -2.45. The molecule has 4 fully saturated rings. The van der Waals surface area contributed by atoms with Gasteiger partial charge in [0.05, 0.1) is 10.9 Å². The first-order chi connectivity index (χ1) is 20.3. The second kappa shape index (κ2) is 14.5. The van der Waals surface area contributed by atoms with Crippen LogP contribution in [0.3, 0.4) is 0 Å². The molecule has 9 heteroatoms. The Hall–Kier alpha value is -1.55. The normalized spacial score (nSPS) is 28.9. The summed E-state index contributed by atoms with van der Waals surface area (Å²) in [6.45, 7) is 5.36. The van der Waals surface area contributed by atoms with E-state index in [1.54, 1.807) is 6.92 Å². The number of unbranched alkanes of at least 4 members (excludes halogenated alkanes) is 1. The van der Waals surface area contributed by atoms with Crippen LogP contribution in [0.15, 0.2) is 23.1 Å². The number of hydrogen-bond acceptors (Lipinski definition) is 5. The number of sulfonamides is 1. The predicted octanol–water partition coefficient (Wildman–Crippen LogP) is 5.28. The third kappa shape index (κ3) is 7.39. The number of halogens is 1. The van der Waals surface area contributed by atoms with Crippen molar-refractivity contribution in [2.75, 3.05) is 32.7 Å². The number of carbonyl (C=O) groups excluding carboxylic acids is 1. The molecule has 0 spiro atoms. The maximum Gasteiger partial charge on any atom is 0.243 e. The minimum atomic E-state index is -3.66. The Morgan fingerprint density at radius 3 is 2.45 bits per heavy atom. The van der Waals surface area contributed by atoms with Gasteiger partial charge < -0.3 is 16.0 Å². The van der Waals surface area contributed by atoms with Crippen LogP contribution in [0, 0.1) is 30.0 Å². The summed E-state index contributed by atoms with van der Waals surface area (Å²) in [4.78, 5) is 13.3. The molecule has 5 rings (SSSR count). The van der Waals surface area contributed by atoms with Crippen LogP contribution >= 0.6 is 0 Å². The fourth-order valence-corrected chi connectivity index (χ4v) is 9.79. The first-order valence-electron chi connectivity index (χ1n) is 16.8. The van der Waals surface area contributed by atoms with E-state index in [2.05, 4.69) is 16.0 Å². The third-order valence-corrected chi connectivity index (χ3v) is 12.8. The molecule has 236 valence electrons. The largest absolute Gasteiger partial charge is 0.355 e. The summed E-state index contributed by atoms with van der Waals surface area (Å²) >= 11 is 0. The number of nitrogens with zero attached hydrogens (tertiary/aromatic N) is 1. The molecule has 1 aromatic carbocycles. The summed E-state index contributed by atoms with van der Waals surface area (Å²) in [5.74, 6) is 0.875. The number of rotatable bonds is 9. The van der Waals surface area contributed by atoms with Crippen LogP contribution < -0.4 is 16.0 Å². The second-order valence-corrected chi connectivity index (χ2v) is 15.6. The van der Waals surface area contributed by atoms with Crippen molar-refractivity contribution >= 4 is 15.9 Å². The molecule has 3 unspecified atom stereocenters. The summed E-state index contributed by atoms with van der Waals surface area (Å²) in [5.41, 5.74) is 0.656. The van der Waals surface area contributed by atoms with Gasteiger partial charge in [0.2, 0.25) is 15.9 Å². The Bertz CT molecular complexity index is 1150. The van der Waals surface area contributed by atoms with Crippen molar-refractivity contribution in [3.05, 3.63) is 29.6 Å². The van der Waals surface area contributed by atoms with E-state index in [1.165, 1.54) is 67.8 Å². The number of fused-ring (bicyclic) bond motifs is 1. The fraction of sp³-hybridized carbons (Fsp3) is 0.788. The third-order valence-electron chi connectivity index (χ3n) is 10.9. The highest BCUT2D eigenvalue weighted by molar-refractivity contribution is 7.89. The molecule has 1 aliphatic carbocycles. The number of amides is 1. The Morgan fingerprint density at radius 1 is 1.02 bits per heavy atom. The summed E-state index contributed by atoms with van der Waals surface area (Å²) in [6, 6.07) is 4.52. The molecule has 1 amide bonds. The SMILES string of the molecule is Cc1ccc(S(=O)(=O)N2CCC(CCCCNC(=O)C3CC4(C5CCCCCCCC5)CNCCC4N3)CC2)cc1F. The lowest BCUT2D eigenvalue weighted by Crippen LogP contribution is -2.54. The van der Waals surface area contributed by atoms with Gasteiger partial charge in [0.15, 0.2) is 0 Å². The van der Waals surface area contributed by atoms with E-state index in [0.29, 0.717) is 43.1 Å². The van der Waals surface area contributed by atoms with Crippen LogP contribution in [0.4, 0.5) is 4.39 Å². The van der Waals surface area contributed by atoms with Crippen molar-refractivity contribution in [3.8, 4) is 0 Å². The number of aryl methyl sites for hydroxylation is 1. The van der Waals surface area contributed by atoms with Crippen LogP contribution in [0.25, 0.3) is 0 Å². The molecule has 3 N–H and O–H groups in total. The predicted molar refractivity (Wildman–Crippen MR) is 165 cm³/mol. The maximum absolute atomic E-state index is 14.0. The monoisotopic (exact) mass is 604 g/mol. The van der Waals surface area contributed by atoms with Gasteiger partial charge in [0, 0.05) is 37.6 Å². The van der Waals surface area contributed by atoms with E-state index in [1.807, 2.05) is 0 Å². The molecule has 3 heterocycles. The smallest absolute Gasteiger partial charge is 0.243 e. The van der Waals surface area contributed by atoms with Gasteiger partial charge in [-0.2, -0.15) is 4.31 Å². The van der Waals surface area contributed by atoms with Gasteiger partial charge in [0.1, 0.15) is 5.82 Å². The molecular weight excluding hydrogens is 551 g/mol. The van der Waals surface area contributed by atoms with Gasteiger partial charge in [-0.05, 0) is 87.9 Å². The first kappa shape index (κ1) is 31.9. The van der Waals surface area contributed by atoms with Gasteiger partial charge >= 0.3 is 0 Å². The van der Waals surface area contributed by atoms with Gasteiger partial charge in [-0.25, -0.2) is 12.8 Å². The number of nitrogens with one attached hydrogen (secondary N) is 3. The lowest BCUT2D eigenvalue weighted by molar-refractivity contribution is -0.123. The molecule has 3 saturated heterocycles. The fourth-order valence-electron chi connectivity index (χ4n) is 8.31. The van der Waals surface area contributed by atoms with Crippen LogP contribution in [0.2, 0.25) is 0 Å². The summed E-state index contributed by atoms with van der Waals surface area (Å²) in [6.07, 6.45) is 17.5. The van der Waals surface area contributed by atoms with Crippen molar-refractivity contribution < 1.29 is 17.6 Å². The Kier molecular flexibility index (Phi) is 11.0. The average molecular weight is 605 g/mol. The number of carbonyl (C=O) groups is 1. The first-order valence-corrected chi connectivity index (χ1v) is 18.2. The average Bonchev–Trinajstić information content (AvgIpc) is 3.45. The molecule has 4 aliphatic rings. The standard InChI is InChI=1S/C33H53FN4O3S/c1-25-13-14-28(22-29(25)34)42(40,41)38-20-16-26(17-21-38)10-8-9-18-36-32(39)30-23-33(24-35-19-15-31(33)37-30)27-11-6-4-2-3-5-7-12-27/h13-14,22,26-27,30-31,35,37H,2-12,15-21,23-24H2,1H3,(H,36,39). The zero-order valence-corrected chi connectivity index (χ0v) is 26.5. The molecule has 0 radical (unpaired) electrons. The van der Waals surface area contributed by atoms with E-state index < -0.39 is 15.8 Å². The quantitative estimate of drug-likeness (QED) is 0.334. The molecule has 0 bridgehead atoms. The number of benzene rings is 1. The van der Waals surface area contributed by atoms with E-state index >= 15 is 0 Å². The Labute approximate surface area is 253 Å². The molecule has 1 aromatic rings. The van der Waals surface area contributed by atoms with Gasteiger partial charge in [-0.15, -0.1) is 0 Å². The molecule has 42 heavy (non-hydrogen) atoms. The van der Waals surface area contributed by atoms with Crippen molar-refractivity contribution in [1.82, 2.24) is 20.3 Å². The highest BCUT2D eigenvalue weighted by atomic mass is 32.2. The lowest BCUT2D eigenvalue weighted by atomic mass is 9.64. The Morgan fingerprint density at radius 2 is 1.74 bits per heavy atom. The van der Waals surface area contributed by atoms with Crippen molar-refractivity contribution in [2.45, 2.75) is 120 Å². The van der Waals surface area contributed by atoms with Crippen LogP contribution in [0.1, 0.15) is 102 Å². The summed E-state index contributed by atoms with van der Waals surface area (Å²) in [5, 5.41) is 10.7. The second-order valence-electron chi connectivity index (χ2n) is 13.6. The molecular formula is C33H53FN4O3S. The van der Waals surface area contributed by atoms with Crippen molar-refractivity contribution in [1.29, 1.82) is 0 Å². The topological polar surface area (TPSA) is 90.5 Å². The Balaban J connectivity index is 1.03. The zero-order valence-electron chi connectivity index (χ0n) is 25.6. The highest BCUT2D eigenvalue weighted by Gasteiger charge is 2.53. The van der Waals surface area contributed by atoms with Crippen molar-refractivity contribution in [3.63, 3.8) is 0 Å². The van der Waals surface area contributed by atoms with Gasteiger partial charge in [-0.3, -0.25) is 4.79 Å². The summed E-state index contributed by atoms with van der Waals surface area (Å²) in [7, 11) is -3.66. The van der Waals surface area contributed by atoms with Gasteiger partial charge in [0.25, 0.3) is 0 Å². The van der Waals surface area contributed by atoms with Crippen LogP contribution in [-0.4, -0.2) is 63.4 Å². The number of piperidine rings is 2. The minimum Gasteiger partial charge on any atom is -0.355 e. The van der Waals surface area contributed by atoms with Crippen LogP contribution in [-0.2, 0) is 14.8 Å². The maximum atomic E-state index is 14.0. The van der Waals surface area contributed by atoms with E-state index in [4.69, 9.17) is 0 Å². The number of hydrogen-bond donors (Lipinski definition) is 3. The molecule has 7 nitrogen and oxygen atoms in total. The molecule has 1 saturated carbocycles. The van der Waals surface area contributed by atoms with Crippen LogP contribution in [0.5, 0.6) is 0 Å². The van der Waals surface area contributed by atoms with E-state index in [9.17, 15) is 17.6 Å². The highest BCUT2D eigenvalue weighted by Crippen LogP contribution is 2.48. The van der Waals surface area contributed by atoms with Crippen molar-refractivity contribution in [2.24, 2.45) is 17.3 Å². The molecule has 3 aliphatic heterocycles. The minimum absolute atomic E-state index is 0.0399.